The van der Waals surface area contributed by atoms with E-state index in [2.05, 4.69) is 39.9 Å². The zero-order valence-corrected chi connectivity index (χ0v) is 17.4. The molecule has 0 radical (unpaired) electrons. The Bertz CT molecular complexity index is 540. The highest BCUT2D eigenvalue weighted by Gasteiger charge is 2.13. The molecule has 4 nitrogen and oxygen atoms in total. The molecule has 0 saturated carbocycles. The number of nitrogens with one attached hydrogen (secondary N) is 1. The van der Waals surface area contributed by atoms with E-state index in [-0.39, 0.29) is 12.0 Å². The molecule has 1 atom stereocenters. The third kappa shape index (κ3) is 8.59. The fourth-order valence-electron chi connectivity index (χ4n) is 2.56. The van der Waals surface area contributed by atoms with Gasteiger partial charge in [-0.05, 0) is 42.9 Å². The van der Waals surface area contributed by atoms with Gasteiger partial charge < -0.3 is 14.8 Å². The molecule has 1 aromatic carbocycles. The van der Waals surface area contributed by atoms with Crippen molar-refractivity contribution in [2.75, 3.05) is 7.11 Å². The number of carbonyl (C=O) groups excluding carboxylic acids is 1. The molecule has 0 spiro atoms. The summed E-state index contributed by atoms with van der Waals surface area (Å²) in [6, 6.07) is 5.84. The van der Waals surface area contributed by atoms with Crippen molar-refractivity contribution >= 4 is 5.91 Å². The van der Waals surface area contributed by atoms with Gasteiger partial charge in [0.1, 0.15) is 0 Å². The second kappa shape index (κ2) is 11.8. The Balaban J connectivity index is 2.43. The number of benzene rings is 1. The Hall–Kier alpha value is -1.71. The molecule has 4 heteroatoms. The number of rotatable bonds is 12. The SMILES string of the molecule is COc1cc(CNC(=O)CCCCCC(C)C)ccc1OC(C)C(C)C. The van der Waals surface area contributed by atoms with Crippen LogP contribution in [0.5, 0.6) is 11.5 Å². The van der Waals surface area contributed by atoms with E-state index in [0.29, 0.717) is 24.6 Å². The predicted octanol–water partition coefficient (Wildman–Crippen LogP) is 5.34. The first kappa shape index (κ1) is 22.3. The lowest BCUT2D eigenvalue weighted by Gasteiger charge is -2.20. The van der Waals surface area contributed by atoms with E-state index in [1.54, 1.807) is 7.11 Å². The lowest BCUT2D eigenvalue weighted by Crippen LogP contribution is -2.22. The zero-order valence-electron chi connectivity index (χ0n) is 17.4. The van der Waals surface area contributed by atoms with Crippen LogP contribution in [0.15, 0.2) is 18.2 Å². The van der Waals surface area contributed by atoms with Crippen molar-refractivity contribution in [3.05, 3.63) is 23.8 Å². The Kier molecular flexibility index (Phi) is 10.2. The van der Waals surface area contributed by atoms with Crippen LogP contribution in [0.4, 0.5) is 0 Å². The molecule has 0 heterocycles. The summed E-state index contributed by atoms with van der Waals surface area (Å²) >= 11 is 0. The number of hydrogen-bond donors (Lipinski definition) is 1. The van der Waals surface area contributed by atoms with Crippen molar-refractivity contribution in [3.63, 3.8) is 0 Å². The highest BCUT2D eigenvalue weighted by Crippen LogP contribution is 2.30. The Morgan fingerprint density at radius 1 is 1.04 bits per heavy atom. The molecule has 0 bridgehead atoms. The van der Waals surface area contributed by atoms with Crippen molar-refractivity contribution in [2.24, 2.45) is 11.8 Å². The first-order valence-electron chi connectivity index (χ1n) is 9.93. The van der Waals surface area contributed by atoms with Crippen molar-refractivity contribution < 1.29 is 14.3 Å². The van der Waals surface area contributed by atoms with Gasteiger partial charge in [-0.15, -0.1) is 0 Å². The van der Waals surface area contributed by atoms with Gasteiger partial charge in [0.25, 0.3) is 0 Å². The Labute approximate surface area is 159 Å². The molecule has 148 valence electrons. The van der Waals surface area contributed by atoms with Gasteiger partial charge in [-0.25, -0.2) is 0 Å². The van der Waals surface area contributed by atoms with E-state index in [1.165, 1.54) is 12.8 Å². The molecule has 0 aromatic heterocycles. The lowest BCUT2D eigenvalue weighted by atomic mass is 10.0. The number of amides is 1. The van der Waals surface area contributed by atoms with Crippen LogP contribution in [0.2, 0.25) is 0 Å². The molecule has 1 aromatic rings. The third-order valence-electron chi connectivity index (χ3n) is 4.65. The molecular formula is C22H37NO3. The fourth-order valence-corrected chi connectivity index (χ4v) is 2.56. The minimum absolute atomic E-state index is 0.113. The highest BCUT2D eigenvalue weighted by atomic mass is 16.5. The molecule has 1 unspecified atom stereocenters. The summed E-state index contributed by atoms with van der Waals surface area (Å²) in [6.45, 7) is 11.3. The Morgan fingerprint density at radius 2 is 1.77 bits per heavy atom. The largest absolute Gasteiger partial charge is 0.493 e. The van der Waals surface area contributed by atoms with E-state index in [1.807, 2.05) is 18.2 Å². The van der Waals surface area contributed by atoms with Crippen LogP contribution in [-0.4, -0.2) is 19.1 Å². The van der Waals surface area contributed by atoms with Gasteiger partial charge in [0.2, 0.25) is 5.91 Å². The van der Waals surface area contributed by atoms with E-state index in [9.17, 15) is 4.79 Å². The van der Waals surface area contributed by atoms with Crippen molar-refractivity contribution in [1.82, 2.24) is 5.32 Å². The molecule has 0 aliphatic carbocycles. The number of methoxy groups -OCH3 is 1. The number of unbranched alkanes of at least 4 members (excludes halogenated alkanes) is 2. The monoisotopic (exact) mass is 363 g/mol. The predicted molar refractivity (Wildman–Crippen MR) is 108 cm³/mol. The Morgan fingerprint density at radius 3 is 2.38 bits per heavy atom. The first-order chi connectivity index (χ1) is 12.3. The topological polar surface area (TPSA) is 47.6 Å². The van der Waals surface area contributed by atoms with E-state index < -0.39 is 0 Å². The maximum absolute atomic E-state index is 12.0. The maximum atomic E-state index is 12.0. The zero-order chi connectivity index (χ0) is 19.5. The molecule has 1 amide bonds. The fraction of sp³-hybridized carbons (Fsp3) is 0.682. The standard InChI is InChI=1S/C22H37NO3/c1-16(2)10-8-7-9-11-22(24)23-15-19-12-13-20(21(14-19)25-6)26-18(5)17(3)4/h12-14,16-18H,7-11,15H2,1-6H3,(H,23,24). The molecule has 1 N–H and O–H groups in total. The van der Waals surface area contributed by atoms with Crippen LogP contribution in [0, 0.1) is 11.8 Å². The normalized spacial score (nSPS) is 12.3. The number of ether oxygens (including phenoxy) is 2. The highest BCUT2D eigenvalue weighted by molar-refractivity contribution is 5.75. The quantitative estimate of drug-likeness (QED) is 0.510. The molecule has 0 aliphatic heterocycles. The van der Waals surface area contributed by atoms with Crippen LogP contribution < -0.4 is 14.8 Å². The van der Waals surface area contributed by atoms with E-state index in [0.717, 1.165) is 30.1 Å². The minimum Gasteiger partial charge on any atom is -0.493 e. The average Bonchev–Trinajstić information content (AvgIpc) is 2.60. The van der Waals surface area contributed by atoms with Gasteiger partial charge in [-0.1, -0.05) is 53.0 Å². The summed E-state index contributed by atoms with van der Waals surface area (Å²) in [5, 5.41) is 2.99. The maximum Gasteiger partial charge on any atom is 0.220 e. The summed E-state index contributed by atoms with van der Waals surface area (Å²) in [6.07, 6.45) is 5.25. The van der Waals surface area contributed by atoms with Crippen LogP contribution >= 0.6 is 0 Å². The van der Waals surface area contributed by atoms with Gasteiger partial charge in [0.05, 0.1) is 13.2 Å². The number of hydrogen-bond acceptors (Lipinski definition) is 3. The van der Waals surface area contributed by atoms with Gasteiger partial charge >= 0.3 is 0 Å². The average molecular weight is 364 g/mol. The van der Waals surface area contributed by atoms with Crippen molar-refractivity contribution in [1.29, 1.82) is 0 Å². The summed E-state index contributed by atoms with van der Waals surface area (Å²) < 4.78 is 11.4. The van der Waals surface area contributed by atoms with Crippen LogP contribution in [0.1, 0.15) is 72.3 Å². The van der Waals surface area contributed by atoms with E-state index >= 15 is 0 Å². The molecular weight excluding hydrogens is 326 g/mol. The third-order valence-corrected chi connectivity index (χ3v) is 4.65. The first-order valence-corrected chi connectivity index (χ1v) is 9.93. The van der Waals surface area contributed by atoms with Gasteiger partial charge in [-0.3, -0.25) is 4.79 Å². The molecule has 0 fully saturated rings. The second-order valence-corrected chi connectivity index (χ2v) is 7.82. The lowest BCUT2D eigenvalue weighted by molar-refractivity contribution is -0.121. The van der Waals surface area contributed by atoms with Crippen LogP contribution in [0.3, 0.4) is 0 Å². The second-order valence-electron chi connectivity index (χ2n) is 7.82. The molecule has 0 saturated heterocycles. The molecule has 1 rings (SSSR count). The summed E-state index contributed by atoms with van der Waals surface area (Å²) in [7, 11) is 1.64. The minimum atomic E-state index is 0.113. The van der Waals surface area contributed by atoms with Crippen molar-refractivity contribution in [3.8, 4) is 11.5 Å². The summed E-state index contributed by atoms with van der Waals surface area (Å²) in [4.78, 5) is 12.0. The molecule has 26 heavy (non-hydrogen) atoms. The van der Waals surface area contributed by atoms with Crippen LogP contribution in [0.25, 0.3) is 0 Å². The summed E-state index contributed by atoms with van der Waals surface area (Å²) in [5.74, 6) is 2.74. The molecule has 0 aliphatic rings. The smallest absolute Gasteiger partial charge is 0.220 e. The van der Waals surface area contributed by atoms with Gasteiger partial charge in [-0.2, -0.15) is 0 Å². The number of carbonyl (C=O) groups is 1. The van der Waals surface area contributed by atoms with Crippen LogP contribution in [-0.2, 0) is 11.3 Å². The summed E-state index contributed by atoms with van der Waals surface area (Å²) in [5.41, 5.74) is 1.01. The van der Waals surface area contributed by atoms with Gasteiger partial charge in [0, 0.05) is 13.0 Å². The van der Waals surface area contributed by atoms with E-state index in [4.69, 9.17) is 9.47 Å². The van der Waals surface area contributed by atoms with Gasteiger partial charge in [0.15, 0.2) is 11.5 Å². The van der Waals surface area contributed by atoms with Crippen molar-refractivity contribution in [2.45, 2.75) is 79.4 Å².